The molecule has 106 valence electrons. The maximum atomic E-state index is 13.3. The molecule has 0 fully saturated rings. The third-order valence-corrected chi connectivity index (χ3v) is 3.80. The predicted octanol–water partition coefficient (Wildman–Crippen LogP) is 0.131. The summed E-state index contributed by atoms with van der Waals surface area (Å²) in [6.45, 7) is 2.98. The van der Waals surface area contributed by atoms with E-state index in [0.717, 1.165) is 6.07 Å². The first-order chi connectivity index (χ1) is 8.74. The van der Waals surface area contributed by atoms with Gasteiger partial charge in [0.2, 0.25) is 15.9 Å². The molecule has 0 saturated carbocycles. The van der Waals surface area contributed by atoms with Crippen molar-refractivity contribution < 1.29 is 17.6 Å². The Balaban J connectivity index is 2.80. The van der Waals surface area contributed by atoms with E-state index in [2.05, 4.69) is 10.0 Å². The van der Waals surface area contributed by atoms with E-state index >= 15 is 0 Å². The highest BCUT2D eigenvalue weighted by Gasteiger charge is 2.16. The number of aryl methyl sites for hydroxylation is 1. The molecule has 0 saturated heterocycles. The average molecular weight is 289 g/mol. The molecule has 1 aromatic carbocycles. The maximum absolute atomic E-state index is 13.3. The second-order valence-corrected chi connectivity index (χ2v) is 5.79. The molecule has 0 atom stereocenters. The van der Waals surface area contributed by atoms with Gasteiger partial charge < -0.3 is 11.1 Å². The Morgan fingerprint density at radius 3 is 2.53 bits per heavy atom. The molecule has 19 heavy (non-hydrogen) atoms. The van der Waals surface area contributed by atoms with Crippen LogP contribution in [0.3, 0.4) is 0 Å². The van der Waals surface area contributed by atoms with Crippen molar-refractivity contribution >= 4 is 21.6 Å². The lowest BCUT2D eigenvalue weighted by atomic mass is 10.2. The molecule has 0 aliphatic carbocycles. The average Bonchev–Trinajstić information content (AvgIpc) is 2.31. The van der Waals surface area contributed by atoms with E-state index in [-0.39, 0.29) is 35.1 Å². The number of hydrogen-bond acceptors (Lipinski definition) is 4. The van der Waals surface area contributed by atoms with E-state index in [9.17, 15) is 17.6 Å². The lowest BCUT2D eigenvalue weighted by molar-refractivity contribution is -0.118. The predicted molar refractivity (Wildman–Crippen MR) is 69.4 cm³/mol. The topological polar surface area (TPSA) is 101 Å². The number of carbonyl (C=O) groups is 1. The number of nitrogens with one attached hydrogen (secondary N) is 2. The van der Waals surface area contributed by atoms with Crippen molar-refractivity contribution in [3.8, 4) is 0 Å². The minimum atomic E-state index is -3.77. The number of nitrogen functional groups attached to an aromatic ring is 1. The number of anilines is 1. The molecule has 0 aliphatic rings. The number of amides is 1. The van der Waals surface area contributed by atoms with Gasteiger partial charge in [0, 0.05) is 20.0 Å². The highest BCUT2D eigenvalue weighted by molar-refractivity contribution is 7.89. The molecule has 4 N–H and O–H groups in total. The fraction of sp³-hybridized carbons (Fsp3) is 0.364. The van der Waals surface area contributed by atoms with Gasteiger partial charge in [-0.2, -0.15) is 0 Å². The van der Waals surface area contributed by atoms with Gasteiger partial charge in [0.15, 0.2) is 0 Å². The minimum Gasteiger partial charge on any atom is -0.396 e. The first kappa shape index (κ1) is 15.4. The smallest absolute Gasteiger partial charge is 0.240 e. The van der Waals surface area contributed by atoms with Crippen LogP contribution in [0.2, 0.25) is 0 Å². The minimum absolute atomic E-state index is 0.0399. The number of nitrogens with two attached hydrogens (primary N) is 1. The van der Waals surface area contributed by atoms with Gasteiger partial charge in [-0.25, -0.2) is 17.5 Å². The van der Waals surface area contributed by atoms with Crippen LogP contribution in [-0.2, 0) is 14.8 Å². The van der Waals surface area contributed by atoms with Crippen molar-refractivity contribution in [2.75, 3.05) is 18.8 Å². The van der Waals surface area contributed by atoms with Crippen molar-refractivity contribution in [3.05, 3.63) is 23.5 Å². The van der Waals surface area contributed by atoms with E-state index < -0.39 is 15.8 Å². The fourth-order valence-electron chi connectivity index (χ4n) is 1.43. The van der Waals surface area contributed by atoms with Gasteiger partial charge in [0.25, 0.3) is 0 Å². The Kier molecular flexibility index (Phi) is 4.84. The summed E-state index contributed by atoms with van der Waals surface area (Å²) in [4.78, 5) is 10.5. The number of rotatable bonds is 5. The molecule has 8 heteroatoms. The van der Waals surface area contributed by atoms with Crippen molar-refractivity contribution in [1.29, 1.82) is 0 Å². The second-order valence-electron chi connectivity index (χ2n) is 4.02. The van der Waals surface area contributed by atoms with E-state index in [0.29, 0.717) is 0 Å². The van der Waals surface area contributed by atoms with Crippen LogP contribution in [0.15, 0.2) is 17.0 Å². The summed E-state index contributed by atoms with van der Waals surface area (Å²) >= 11 is 0. The van der Waals surface area contributed by atoms with Crippen molar-refractivity contribution in [2.45, 2.75) is 18.7 Å². The van der Waals surface area contributed by atoms with Crippen molar-refractivity contribution in [1.82, 2.24) is 10.0 Å². The Morgan fingerprint density at radius 1 is 1.37 bits per heavy atom. The van der Waals surface area contributed by atoms with Gasteiger partial charge in [-0.3, -0.25) is 4.79 Å². The number of hydrogen-bond donors (Lipinski definition) is 3. The zero-order chi connectivity index (χ0) is 14.6. The number of benzene rings is 1. The highest BCUT2D eigenvalue weighted by atomic mass is 32.2. The van der Waals surface area contributed by atoms with Crippen LogP contribution in [0.1, 0.15) is 12.5 Å². The van der Waals surface area contributed by atoms with Crippen LogP contribution in [0.25, 0.3) is 0 Å². The van der Waals surface area contributed by atoms with E-state index in [1.165, 1.54) is 19.9 Å². The lowest BCUT2D eigenvalue weighted by Gasteiger charge is -2.09. The molecule has 1 aromatic rings. The van der Waals surface area contributed by atoms with Gasteiger partial charge in [0.05, 0.1) is 10.6 Å². The molecule has 0 bridgehead atoms. The zero-order valence-electron chi connectivity index (χ0n) is 10.7. The monoisotopic (exact) mass is 289 g/mol. The summed E-state index contributed by atoms with van der Waals surface area (Å²) in [5.41, 5.74) is 5.32. The third-order valence-electron chi connectivity index (χ3n) is 2.36. The van der Waals surface area contributed by atoms with Gasteiger partial charge in [0.1, 0.15) is 5.82 Å². The first-order valence-electron chi connectivity index (χ1n) is 5.54. The zero-order valence-corrected chi connectivity index (χ0v) is 11.5. The summed E-state index contributed by atoms with van der Waals surface area (Å²) in [7, 11) is -3.77. The van der Waals surface area contributed by atoms with Crippen LogP contribution < -0.4 is 15.8 Å². The molecular formula is C11H16FN3O3S. The Bertz CT molecular complexity index is 564. The van der Waals surface area contributed by atoms with Crippen LogP contribution >= 0.6 is 0 Å². The summed E-state index contributed by atoms with van der Waals surface area (Å²) in [6, 6.07) is 2.26. The highest BCUT2D eigenvalue weighted by Crippen LogP contribution is 2.20. The van der Waals surface area contributed by atoms with E-state index in [1.54, 1.807) is 0 Å². The van der Waals surface area contributed by atoms with Gasteiger partial charge >= 0.3 is 0 Å². The quantitative estimate of drug-likeness (QED) is 0.530. The molecule has 6 nitrogen and oxygen atoms in total. The number of sulfonamides is 1. The van der Waals surface area contributed by atoms with Crippen LogP contribution in [0.4, 0.5) is 10.1 Å². The Labute approximate surface area is 111 Å². The maximum Gasteiger partial charge on any atom is 0.240 e. The van der Waals surface area contributed by atoms with E-state index in [1.807, 2.05) is 0 Å². The standard InChI is InChI=1S/C11H16FN3O3S/c1-7-5-9(6-10(13)11(7)12)19(17,18)15-4-3-14-8(2)16/h5-6,15H,3-4,13H2,1-2H3,(H,14,16). The van der Waals surface area contributed by atoms with Gasteiger partial charge in [-0.1, -0.05) is 0 Å². The molecule has 0 aromatic heterocycles. The second kappa shape index (κ2) is 5.98. The van der Waals surface area contributed by atoms with E-state index in [4.69, 9.17) is 5.73 Å². The molecule has 1 amide bonds. The van der Waals surface area contributed by atoms with Gasteiger partial charge in [-0.05, 0) is 24.6 Å². The fourth-order valence-corrected chi connectivity index (χ4v) is 2.58. The summed E-state index contributed by atoms with van der Waals surface area (Å²) in [6.07, 6.45) is 0. The molecule has 0 radical (unpaired) electrons. The van der Waals surface area contributed by atoms with Gasteiger partial charge in [-0.15, -0.1) is 0 Å². The summed E-state index contributed by atoms with van der Waals surface area (Å²) < 4.78 is 39.4. The Morgan fingerprint density at radius 2 is 2.00 bits per heavy atom. The molecule has 0 unspecified atom stereocenters. The molecule has 0 heterocycles. The molecule has 1 rings (SSSR count). The summed E-state index contributed by atoms with van der Waals surface area (Å²) in [5, 5.41) is 2.45. The van der Waals surface area contributed by atoms with Crippen LogP contribution in [0, 0.1) is 12.7 Å². The molecule has 0 spiro atoms. The first-order valence-corrected chi connectivity index (χ1v) is 7.02. The summed E-state index contributed by atoms with van der Waals surface area (Å²) in [5.74, 6) is -0.877. The molecular weight excluding hydrogens is 273 g/mol. The Hall–Kier alpha value is -1.67. The third kappa shape index (κ3) is 4.18. The number of carbonyl (C=O) groups excluding carboxylic acids is 1. The van der Waals surface area contributed by atoms with Crippen LogP contribution in [-0.4, -0.2) is 27.4 Å². The number of halogens is 1. The largest absolute Gasteiger partial charge is 0.396 e. The lowest BCUT2D eigenvalue weighted by Crippen LogP contribution is -2.33. The normalized spacial score (nSPS) is 11.3. The van der Waals surface area contributed by atoms with Crippen LogP contribution in [0.5, 0.6) is 0 Å². The molecule has 0 aliphatic heterocycles. The van der Waals surface area contributed by atoms with Crippen molar-refractivity contribution in [3.63, 3.8) is 0 Å². The SMILES string of the molecule is CC(=O)NCCNS(=O)(=O)c1cc(C)c(F)c(N)c1. The van der Waals surface area contributed by atoms with Crippen molar-refractivity contribution in [2.24, 2.45) is 0 Å².